The highest BCUT2D eigenvalue weighted by Crippen LogP contribution is 2.17. The highest BCUT2D eigenvalue weighted by atomic mass is 16.5. The van der Waals surface area contributed by atoms with Crippen molar-refractivity contribution in [3.05, 3.63) is 60.2 Å². The Balaban J connectivity index is 1.65. The number of benzene rings is 2. The Kier molecular flexibility index (Phi) is 7.63. The van der Waals surface area contributed by atoms with Gasteiger partial charge in [-0.3, -0.25) is 4.79 Å². The van der Waals surface area contributed by atoms with Crippen LogP contribution in [0.15, 0.2) is 54.6 Å². The van der Waals surface area contributed by atoms with Crippen LogP contribution in [0.4, 0.5) is 5.69 Å². The number of hydrogen-bond acceptors (Lipinski definition) is 4. The smallest absolute Gasteiger partial charge is 0.246 e. The van der Waals surface area contributed by atoms with E-state index < -0.39 is 18.1 Å². The van der Waals surface area contributed by atoms with Crippen molar-refractivity contribution in [2.24, 2.45) is 5.73 Å². The quantitative estimate of drug-likeness (QED) is 0.571. The molecule has 0 radical (unpaired) electrons. The Morgan fingerprint density at radius 3 is 2.42 bits per heavy atom. The number of rotatable bonds is 10. The largest absolute Gasteiger partial charge is 0.494 e. The predicted octanol–water partition coefficient (Wildman–Crippen LogP) is 3.13. The van der Waals surface area contributed by atoms with Gasteiger partial charge in [0.1, 0.15) is 11.3 Å². The molecule has 5 heteroatoms. The molecule has 0 saturated carbocycles. The lowest BCUT2D eigenvalue weighted by atomic mass is 10.0. The molecule has 0 aliphatic heterocycles. The minimum absolute atomic E-state index is 0.412. The van der Waals surface area contributed by atoms with Gasteiger partial charge in [0.15, 0.2) is 0 Å². The van der Waals surface area contributed by atoms with Crippen molar-refractivity contribution in [3.63, 3.8) is 0 Å². The number of aliphatic hydroxyl groups excluding tert-OH is 1. The Bertz CT molecular complexity index is 669. The Labute approximate surface area is 155 Å². The van der Waals surface area contributed by atoms with E-state index in [0.29, 0.717) is 12.3 Å². The first kappa shape index (κ1) is 19.9. The van der Waals surface area contributed by atoms with E-state index in [1.165, 1.54) is 12.5 Å². The van der Waals surface area contributed by atoms with Gasteiger partial charge in [0.2, 0.25) is 5.91 Å². The molecule has 0 fully saturated rings. The van der Waals surface area contributed by atoms with Crippen molar-refractivity contribution in [2.75, 3.05) is 18.5 Å². The Hall–Kier alpha value is -2.37. The van der Waals surface area contributed by atoms with Gasteiger partial charge >= 0.3 is 0 Å². The first-order valence-electron chi connectivity index (χ1n) is 8.99. The normalized spacial score (nSPS) is 13.0. The summed E-state index contributed by atoms with van der Waals surface area (Å²) in [5.41, 5.74) is 6.39. The van der Waals surface area contributed by atoms with Gasteiger partial charge in [-0.05, 0) is 62.4 Å². The number of nitrogens with one attached hydrogen (secondary N) is 1. The lowest BCUT2D eigenvalue weighted by Crippen LogP contribution is -2.51. The number of carbonyl (C=O) groups is 1. The summed E-state index contributed by atoms with van der Waals surface area (Å²) in [5.74, 6) is 0.343. The summed E-state index contributed by atoms with van der Waals surface area (Å²) in [4.78, 5) is 11.9. The minimum Gasteiger partial charge on any atom is -0.494 e. The van der Waals surface area contributed by atoms with E-state index >= 15 is 0 Å². The summed E-state index contributed by atoms with van der Waals surface area (Å²) in [6.07, 6.45) is 4.39. The standard InChI is InChI=1S/C21H28N2O3/c1-21(22,16-24)20(25)23-18-11-13-19(14-12-18)26-15-7-3-6-10-17-8-4-2-5-9-17/h2,4-5,8-9,11-14,24H,3,6-7,10,15-16,22H2,1H3,(H,23,25). The summed E-state index contributed by atoms with van der Waals surface area (Å²) in [6.45, 7) is 1.74. The molecule has 1 atom stereocenters. The van der Waals surface area contributed by atoms with Crippen molar-refractivity contribution < 1.29 is 14.6 Å². The third kappa shape index (κ3) is 6.50. The van der Waals surface area contributed by atoms with Crippen LogP contribution in [0.1, 0.15) is 31.7 Å². The first-order valence-corrected chi connectivity index (χ1v) is 8.99. The van der Waals surface area contributed by atoms with Crippen LogP contribution < -0.4 is 15.8 Å². The number of hydrogen-bond donors (Lipinski definition) is 3. The summed E-state index contributed by atoms with van der Waals surface area (Å²) in [5, 5.41) is 11.8. The van der Waals surface area contributed by atoms with Crippen LogP contribution in [0.5, 0.6) is 5.75 Å². The van der Waals surface area contributed by atoms with Crippen LogP contribution in [0, 0.1) is 0 Å². The molecule has 4 N–H and O–H groups in total. The number of ether oxygens (including phenoxy) is 1. The van der Waals surface area contributed by atoms with E-state index in [1.807, 2.05) is 18.2 Å². The highest BCUT2D eigenvalue weighted by Gasteiger charge is 2.27. The van der Waals surface area contributed by atoms with Gasteiger partial charge in [-0.2, -0.15) is 0 Å². The molecule has 0 bridgehead atoms. The molecule has 1 amide bonds. The Morgan fingerprint density at radius 2 is 1.77 bits per heavy atom. The number of aryl methyl sites for hydroxylation is 1. The second-order valence-corrected chi connectivity index (χ2v) is 6.70. The van der Waals surface area contributed by atoms with Gasteiger partial charge in [0, 0.05) is 5.69 Å². The summed E-state index contributed by atoms with van der Waals surface area (Å²) < 4.78 is 5.73. The van der Waals surface area contributed by atoms with Gasteiger partial charge in [-0.15, -0.1) is 0 Å². The second kappa shape index (κ2) is 9.94. The molecule has 5 nitrogen and oxygen atoms in total. The van der Waals surface area contributed by atoms with Crippen molar-refractivity contribution >= 4 is 11.6 Å². The SMILES string of the molecule is CC(N)(CO)C(=O)Nc1ccc(OCCCCCc2ccccc2)cc1. The van der Waals surface area contributed by atoms with E-state index in [2.05, 4.69) is 29.6 Å². The second-order valence-electron chi connectivity index (χ2n) is 6.70. The van der Waals surface area contributed by atoms with Crippen molar-refractivity contribution in [2.45, 2.75) is 38.1 Å². The van der Waals surface area contributed by atoms with Crippen LogP contribution in [0.2, 0.25) is 0 Å². The number of nitrogens with two attached hydrogens (primary N) is 1. The zero-order valence-corrected chi connectivity index (χ0v) is 15.3. The highest BCUT2D eigenvalue weighted by molar-refractivity contribution is 5.97. The van der Waals surface area contributed by atoms with Crippen LogP contribution in [-0.4, -0.2) is 29.8 Å². The van der Waals surface area contributed by atoms with E-state index in [4.69, 9.17) is 15.6 Å². The maximum absolute atomic E-state index is 11.9. The molecule has 0 aliphatic carbocycles. The fourth-order valence-electron chi connectivity index (χ4n) is 2.42. The maximum Gasteiger partial charge on any atom is 0.246 e. The van der Waals surface area contributed by atoms with Gasteiger partial charge in [0.05, 0.1) is 13.2 Å². The molecule has 140 valence electrons. The van der Waals surface area contributed by atoms with Gasteiger partial charge in [-0.25, -0.2) is 0 Å². The zero-order chi connectivity index (χ0) is 18.8. The first-order chi connectivity index (χ1) is 12.5. The molecule has 0 aromatic heterocycles. The van der Waals surface area contributed by atoms with E-state index in [1.54, 1.807) is 12.1 Å². The lowest BCUT2D eigenvalue weighted by Gasteiger charge is -2.20. The van der Waals surface area contributed by atoms with Crippen LogP contribution >= 0.6 is 0 Å². The zero-order valence-electron chi connectivity index (χ0n) is 15.3. The molecule has 2 aromatic rings. The molecular weight excluding hydrogens is 328 g/mol. The molecule has 0 saturated heterocycles. The summed E-state index contributed by atoms with van der Waals surface area (Å²) in [7, 11) is 0. The summed E-state index contributed by atoms with van der Waals surface area (Å²) >= 11 is 0. The number of unbranched alkanes of at least 4 members (excludes halogenated alkanes) is 2. The predicted molar refractivity (Wildman–Crippen MR) is 104 cm³/mol. The number of carbonyl (C=O) groups excluding carboxylic acids is 1. The van der Waals surface area contributed by atoms with Crippen molar-refractivity contribution in [1.82, 2.24) is 0 Å². The maximum atomic E-state index is 11.9. The third-order valence-electron chi connectivity index (χ3n) is 4.18. The number of aliphatic hydroxyl groups is 1. The fraction of sp³-hybridized carbons (Fsp3) is 0.381. The van der Waals surface area contributed by atoms with Gasteiger partial charge < -0.3 is 20.9 Å². The number of amides is 1. The molecular formula is C21H28N2O3. The molecule has 0 heterocycles. The average Bonchev–Trinajstić information content (AvgIpc) is 2.66. The van der Waals surface area contributed by atoms with Gasteiger partial charge in [0.25, 0.3) is 0 Å². The molecule has 2 aromatic carbocycles. The summed E-state index contributed by atoms with van der Waals surface area (Å²) in [6, 6.07) is 17.6. The topological polar surface area (TPSA) is 84.6 Å². The average molecular weight is 356 g/mol. The van der Waals surface area contributed by atoms with E-state index in [-0.39, 0.29) is 0 Å². The monoisotopic (exact) mass is 356 g/mol. The van der Waals surface area contributed by atoms with Crippen LogP contribution in [0.25, 0.3) is 0 Å². The minimum atomic E-state index is -1.30. The fourth-order valence-corrected chi connectivity index (χ4v) is 2.42. The van der Waals surface area contributed by atoms with Gasteiger partial charge in [-0.1, -0.05) is 30.3 Å². The van der Waals surface area contributed by atoms with Crippen molar-refractivity contribution in [3.8, 4) is 5.75 Å². The molecule has 26 heavy (non-hydrogen) atoms. The van der Waals surface area contributed by atoms with E-state index in [9.17, 15) is 4.79 Å². The Morgan fingerprint density at radius 1 is 1.08 bits per heavy atom. The molecule has 2 rings (SSSR count). The van der Waals surface area contributed by atoms with Crippen LogP contribution in [-0.2, 0) is 11.2 Å². The molecule has 0 spiro atoms. The molecule has 0 aliphatic rings. The lowest BCUT2D eigenvalue weighted by molar-refractivity contribution is -0.121. The van der Waals surface area contributed by atoms with Crippen molar-refractivity contribution in [1.29, 1.82) is 0 Å². The molecule has 1 unspecified atom stereocenters. The third-order valence-corrected chi connectivity index (χ3v) is 4.18. The number of anilines is 1. The van der Waals surface area contributed by atoms with Crippen LogP contribution in [0.3, 0.4) is 0 Å². The van der Waals surface area contributed by atoms with E-state index in [0.717, 1.165) is 31.4 Å².